The number of aliphatic imine (C=N–C) groups is 1. The number of rotatable bonds is 12. The maximum Gasteiger partial charge on any atom is 0.330 e. The van der Waals surface area contributed by atoms with E-state index in [0.717, 1.165) is 35.6 Å². The molecule has 0 amide bonds. The molecule has 0 aliphatic carbocycles. The number of benzene rings is 2. The molecule has 31 heavy (non-hydrogen) atoms. The molecule has 5 heteroatoms. The van der Waals surface area contributed by atoms with Crippen molar-refractivity contribution in [2.75, 3.05) is 13.2 Å². The minimum Gasteiger partial charge on any atom is -0.494 e. The van der Waals surface area contributed by atoms with E-state index in [4.69, 9.17) is 21.1 Å². The lowest BCUT2D eigenvalue weighted by Gasteiger charge is -2.12. The number of hydrogen-bond acceptors (Lipinski definition) is 4. The van der Waals surface area contributed by atoms with Crippen LogP contribution in [0.15, 0.2) is 59.6 Å². The van der Waals surface area contributed by atoms with Gasteiger partial charge in [0.2, 0.25) is 0 Å². The third-order valence-corrected chi connectivity index (χ3v) is 5.30. The third kappa shape index (κ3) is 9.84. The second-order valence-electron chi connectivity index (χ2n) is 7.70. The fourth-order valence-corrected chi connectivity index (χ4v) is 2.64. The minimum absolute atomic E-state index is 0.177. The van der Waals surface area contributed by atoms with Gasteiger partial charge in [0.1, 0.15) is 12.4 Å². The molecule has 166 valence electrons. The van der Waals surface area contributed by atoms with Gasteiger partial charge >= 0.3 is 5.97 Å². The fraction of sp³-hybridized carbons (Fsp3) is 0.385. The van der Waals surface area contributed by atoms with E-state index < -0.39 is 5.97 Å². The average molecular weight is 442 g/mol. The van der Waals surface area contributed by atoms with Gasteiger partial charge in [-0.05, 0) is 65.9 Å². The minimum atomic E-state index is -0.397. The van der Waals surface area contributed by atoms with Crippen molar-refractivity contribution in [3.05, 3.63) is 65.7 Å². The summed E-state index contributed by atoms with van der Waals surface area (Å²) in [7, 11) is 0. The zero-order chi connectivity index (χ0) is 22.5. The molecule has 2 aromatic rings. The van der Waals surface area contributed by atoms with E-state index >= 15 is 0 Å². The molecule has 0 aromatic heterocycles. The van der Waals surface area contributed by atoms with Crippen LogP contribution in [0.25, 0.3) is 6.08 Å². The van der Waals surface area contributed by atoms with Gasteiger partial charge in [0.05, 0.1) is 17.7 Å². The standard InChI is InChI=1S/C26H32ClNO3/c1-4-5-6-17-30-24-14-9-22(10-15-24)18-28-23-12-7-21(8-13-23)11-16-26(29)31-19-25(27)20(2)3/h7-16,18,20,25H,4-6,17,19H2,1-3H3/b16-11+,28-18?. The molecule has 1 atom stereocenters. The Hall–Kier alpha value is -2.59. The molecule has 0 aliphatic rings. The molecule has 0 saturated carbocycles. The average Bonchev–Trinajstić information content (AvgIpc) is 2.79. The molecule has 0 fully saturated rings. The number of carbonyl (C=O) groups excluding carboxylic acids is 1. The van der Waals surface area contributed by atoms with Crippen LogP contribution in [0, 0.1) is 5.92 Å². The zero-order valence-electron chi connectivity index (χ0n) is 18.6. The van der Waals surface area contributed by atoms with Crippen molar-refractivity contribution in [3.63, 3.8) is 0 Å². The zero-order valence-corrected chi connectivity index (χ0v) is 19.3. The van der Waals surface area contributed by atoms with Gasteiger partial charge in [0.15, 0.2) is 0 Å². The maximum atomic E-state index is 11.8. The van der Waals surface area contributed by atoms with Crippen LogP contribution >= 0.6 is 11.6 Å². The molecule has 0 bridgehead atoms. The first kappa shape index (κ1) is 24.7. The molecule has 1 unspecified atom stereocenters. The van der Waals surface area contributed by atoms with Crippen molar-refractivity contribution in [2.24, 2.45) is 10.9 Å². The Labute approximate surface area is 190 Å². The van der Waals surface area contributed by atoms with E-state index in [2.05, 4.69) is 11.9 Å². The summed E-state index contributed by atoms with van der Waals surface area (Å²) in [5, 5.41) is -0.177. The monoisotopic (exact) mass is 441 g/mol. The van der Waals surface area contributed by atoms with E-state index in [-0.39, 0.29) is 17.9 Å². The number of carbonyl (C=O) groups is 1. The van der Waals surface area contributed by atoms with Gasteiger partial charge in [-0.3, -0.25) is 4.99 Å². The van der Waals surface area contributed by atoms with Gasteiger partial charge in [-0.15, -0.1) is 11.6 Å². The number of esters is 1. The Balaban J connectivity index is 1.82. The quantitative estimate of drug-likeness (QED) is 0.119. The Bertz CT molecular complexity index is 842. The highest BCUT2D eigenvalue weighted by atomic mass is 35.5. The van der Waals surface area contributed by atoms with Crippen LogP contribution in [0.1, 0.15) is 51.2 Å². The molecule has 0 radical (unpaired) electrons. The molecular weight excluding hydrogens is 410 g/mol. The van der Waals surface area contributed by atoms with Crippen LogP contribution in [-0.4, -0.2) is 30.8 Å². The Kier molecular flexibility index (Phi) is 10.9. The Morgan fingerprint density at radius 2 is 1.71 bits per heavy atom. The summed E-state index contributed by atoms with van der Waals surface area (Å²) in [5.41, 5.74) is 2.74. The first-order chi connectivity index (χ1) is 15.0. The summed E-state index contributed by atoms with van der Waals surface area (Å²) in [6, 6.07) is 15.5. The van der Waals surface area contributed by atoms with Crippen LogP contribution in [0.5, 0.6) is 5.75 Å². The molecule has 0 N–H and O–H groups in total. The molecule has 4 nitrogen and oxygen atoms in total. The van der Waals surface area contributed by atoms with Crippen LogP contribution < -0.4 is 4.74 Å². The van der Waals surface area contributed by atoms with Crippen molar-refractivity contribution < 1.29 is 14.3 Å². The highest BCUT2D eigenvalue weighted by molar-refractivity contribution is 6.21. The predicted octanol–water partition coefficient (Wildman–Crippen LogP) is 6.83. The van der Waals surface area contributed by atoms with Crippen LogP contribution in [0.2, 0.25) is 0 Å². The predicted molar refractivity (Wildman–Crippen MR) is 130 cm³/mol. The van der Waals surface area contributed by atoms with E-state index in [1.54, 1.807) is 6.08 Å². The van der Waals surface area contributed by atoms with Gasteiger partial charge in [-0.25, -0.2) is 4.79 Å². The van der Waals surface area contributed by atoms with Crippen molar-refractivity contribution in [1.29, 1.82) is 0 Å². The lowest BCUT2D eigenvalue weighted by molar-refractivity contribution is -0.137. The van der Waals surface area contributed by atoms with E-state index in [9.17, 15) is 4.79 Å². The smallest absolute Gasteiger partial charge is 0.330 e. The van der Waals surface area contributed by atoms with Crippen LogP contribution in [0.4, 0.5) is 5.69 Å². The summed E-state index contributed by atoms with van der Waals surface area (Å²) in [6.45, 7) is 7.13. The second-order valence-corrected chi connectivity index (χ2v) is 8.26. The summed E-state index contributed by atoms with van der Waals surface area (Å²) < 4.78 is 10.9. The number of hydrogen-bond donors (Lipinski definition) is 0. The largest absolute Gasteiger partial charge is 0.494 e. The van der Waals surface area contributed by atoms with Crippen LogP contribution in [-0.2, 0) is 9.53 Å². The fourth-order valence-electron chi connectivity index (χ4n) is 2.58. The molecule has 0 spiro atoms. The number of ether oxygens (including phenoxy) is 2. The highest BCUT2D eigenvalue weighted by Crippen LogP contribution is 2.16. The SMILES string of the molecule is CCCCCOc1ccc(C=Nc2ccc(/C=C/C(=O)OCC(Cl)C(C)C)cc2)cc1. The third-order valence-electron chi connectivity index (χ3n) is 4.67. The van der Waals surface area contributed by atoms with Gasteiger partial charge in [-0.2, -0.15) is 0 Å². The summed E-state index contributed by atoms with van der Waals surface area (Å²) in [5.74, 6) is 0.744. The van der Waals surface area contributed by atoms with Crippen molar-refractivity contribution >= 4 is 35.5 Å². The van der Waals surface area contributed by atoms with Gasteiger partial charge in [0, 0.05) is 12.3 Å². The highest BCUT2D eigenvalue weighted by Gasteiger charge is 2.11. The molecular formula is C26H32ClNO3. The molecule has 0 aliphatic heterocycles. The topological polar surface area (TPSA) is 47.9 Å². The van der Waals surface area contributed by atoms with Crippen molar-refractivity contribution in [3.8, 4) is 5.75 Å². The normalized spacial score (nSPS) is 12.5. The summed E-state index contributed by atoms with van der Waals surface area (Å²) in [6.07, 6.45) is 8.41. The van der Waals surface area contributed by atoms with Gasteiger partial charge in [-0.1, -0.05) is 45.7 Å². The first-order valence-electron chi connectivity index (χ1n) is 10.8. The van der Waals surface area contributed by atoms with Crippen molar-refractivity contribution in [2.45, 2.75) is 45.4 Å². The van der Waals surface area contributed by atoms with Gasteiger partial charge < -0.3 is 9.47 Å². The number of halogens is 1. The van der Waals surface area contributed by atoms with Crippen molar-refractivity contribution in [1.82, 2.24) is 0 Å². The summed E-state index contributed by atoms with van der Waals surface area (Å²) >= 11 is 6.09. The molecule has 0 saturated heterocycles. The molecule has 0 heterocycles. The number of unbranched alkanes of at least 4 members (excludes halogenated alkanes) is 2. The maximum absolute atomic E-state index is 11.8. The lowest BCUT2D eigenvalue weighted by Crippen LogP contribution is -2.17. The van der Waals surface area contributed by atoms with E-state index in [1.165, 1.54) is 18.9 Å². The molecule has 2 rings (SSSR count). The second kappa shape index (κ2) is 13.7. The lowest BCUT2D eigenvalue weighted by atomic mass is 10.1. The first-order valence-corrected chi connectivity index (χ1v) is 11.3. The Morgan fingerprint density at radius 3 is 2.35 bits per heavy atom. The van der Waals surface area contributed by atoms with Gasteiger partial charge in [0.25, 0.3) is 0 Å². The number of nitrogens with zero attached hydrogens (tertiary/aromatic N) is 1. The van der Waals surface area contributed by atoms with E-state index in [1.807, 2.05) is 68.6 Å². The Morgan fingerprint density at radius 1 is 1.03 bits per heavy atom. The van der Waals surface area contributed by atoms with E-state index in [0.29, 0.717) is 0 Å². The summed E-state index contributed by atoms with van der Waals surface area (Å²) in [4.78, 5) is 16.3. The molecule has 2 aromatic carbocycles. The number of alkyl halides is 1. The van der Waals surface area contributed by atoms with Crippen LogP contribution in [0.3, 0.4) is 0 Å².